The van der Waals surface area contributed by atoms with Crippen LogP contribution >= 0.6 is 23.2 Å². The third kappa shape index (κ3) is 4.15. The normalized spacial score (nSPS) is 11.7. The number of halogens is 5. The van der Waals surface area contributed by atoms with Gasteiger partial charge in [0.2, 0.25) is 11.7 Å². The highest BCUT2D eigenvalue weighted by atomic mass is 35.5. The molecule has 0 saturated heterocycles. The van der Waals surface area contributed by atoms with E-state index in [-0.39, 0.29) is 33.9 Å². The largest absolute Gasteiger partial charge is 0.484 e. The van der Waals surface area contributed by atoms with Crippen molar-refractivity contribution < 1.29 is 22.4 Å². The molecule has 0 atom stereocenters. The molecule has 29 heavy (non-hydrogen) atoms. The first-order valence-electron chi connectivity index (χ1n) is 7.80. The first-order valence-corrected chi connectivity index (χ1v) is 8.56. The number of aryl methyl sites for hydroxylation is 1. The van der Waals surface area contributed by atoms with E-state index < -0.39 is 23.1 Å². The van der Waals surface area contributed by atoms with Crippen molar-refractivity contribution in [2.45, 2.75) is 19.7 Å². The second-order valence-corrected chi connectivity index (χ2v) is 6.61. The summed E-state index contributed by atoms with van der Waals surface area (Å²) in [6.45, 7) is 1.43. The maximum Gasteiger partial charge on any atom is 0.431 e. The quantitative estimate of drug-likeness (QED) is 0.606. The van der Waals surface area contributed by atoms with Crippen molar-refractivity contribution in [3.63, 3.8) is 0 Å². The summed E-state index contributed by atoms with van der Waals surface area (Å²) in [4.78, 5) is 28.7. The van der Waals surface area contributed by atoms with Crippen LogP contribution in [-0.4, -0.2) is 19.3 Å². The van der Waals surface area contributed by atoms with Crippen molar-refractivity contribution in [3.05, 3.63) is 66.5 Å². The van der Waals surface area contributed by atoms with E-state index in [0.29, 0.717) is 21.1 Å². The third-order valence-corrected chi connectivity index (χ3v) is 4.38. The van der Waals surface area contributed by atoms with E-state index in [1.165, 1.54) is 6.07 Å². The number of rotatable bonds is 4. The van der Waals surface area contributed by atoms with Crippen LogP contribution in [0.1, 0.15) is 17.4 Å². The molecular weight excluding hydrogens is 440 g/mol. The van der Waals surface area contributed by atoms with Crippen LogP contribution in [-0.2, 0) is 19.8 Å². The zero-order valence-electron chi connectivity index (χ0n) is 14.8. The SMILES string of the molecule is Cc1nc(COc2cc(-n3c(=O)cc(C(F)(F)F)n(C)c3=O)c(Cl)cc2Cl)no1. The van der Waals surface area contributed by atoms with Gasteiger partial charge in [-0.15, -0.1) is 0 Å². The Balaban J connectivity index is 2.08. The molecular formula is C16H11Cl2F3N4O4. The van der Waals surface area contributed by atoms with Gasteiger partial charge in [0, 0.05) is 26.1 Å². The first kappa shape index (κ1) is 20.9. The van der Waals surface area contributed by atoms with Gasteiger partial charge in [-0.2, -0.15) is 18.2 Å². The van der Waals surface area contributed by atoms with Gasteiger partial charge in [-0.3, -0.25) is 9.36 Å². The van der Waals surface area contributed by atoms with Crippen LogP contribution in [0.5, 0.6) is 5.75 Å². The molecule has 0 aliphatic rings. The van der Waals surface area contributed by atoms with E-state index >= 15 is 0 Å². The van der Waals surface area contributed by atoms with Crippen LogP contribution < -0.4 is 16.0 Å². The first-order chi connectivity index (χ1) is 13.5. The van der Waals surface area contributed by atoms with E-state index in [1.54, 1.807) is 6.92 Å². The lowest BCUT2D eigenvalue weighted by molar-refractivity contribution is -0.144. The fourth-order valence-electron chi connectivity index (χ4n) is 2.46. The number of hydrogen-bond acceptors (Lipinski definition) is 6. The summed E-state index contributed by atoms with van der Waals surface area (Å²) < 4.78 is 50.1. The van der Waals surface area contributed by atoms with Gasteiger partial charge in [0.05, 0.1) is 15.7 Å². The van der Waals surface area contributed by atoms with Gasteiger partial charge in [-0.05, 0) is 6.07 Å². The zero-order chi connectivity index (χ0) is 21.5. The van der Waals surface area contributed by atoms with Crippen molar-refractivity contribution in [3.8, 4) is 11.4 Å². The predicted octanol–water partition coefficient (Wildman–Crippen LogP) is 3.13. The molecule has 2 aromatic heterocycles. The van der Waals surface area contributed by atoms with Crippen molar-refractivity contribution in [1.82, 2.24) is 19.3 Å². The highest BCUT2D eigenvalue weighted by molar-refractivity contribution is 6.36. The Hall–Kier alpha value is -2.79. The van der Waals surface area contributed by atoms with Gasteiger partial charge in [0.15, 0.2) is 6.61 Å². The summed E-state index contributed by atoms with van der Waals surface area (Å²) >= 11 is 12.1. The molecule has 0 N–H and O–H groups in total. The van der Waals surface area contributed by atoms with Gasteiger partial charge < -0.3 is 9.26 Å². The number of hydrogen-bond donors (Lipinski definition) is 0. The predicted molar refractivity (Wildman–Crippen MR) is 95.7 cm³/mol. The number of ether oxygens (including phenoxy) is 1. The Morgan fingerprint density at radius 3 is 2.45 bits per heavy atom. The van der Waals surface area contributed by atoms with E-state index in [1.807, 2.05) is 0 Å². The molecule has 0 radical (unpaired) electrons. The maximum absolute atomic E-state index is 13.0. The van der Waals surface area contributed by atoms with E-state index in [4.69, 9.17) is 32.5 Å². The average Bonchev–Trinajstić information content (AvgIpc) is 3.03. The Bertz CT molecular complexity index is 1200. The number of aromatic nitrogens is 4. The number of nitrogens with zero attached hydrogens (tertiary/aromatic N) is 4. The average molecular weight is 451 g/mol. The minimum Gasteiger partial charge on any atom is -0.484 e. The Morgan fingerprint density at radius 1 is 1.17 bits per heavy atom. The molecule has 0 unspecified atom stereocenters. The van der Waals surface area contributed by atoms with E-state index in [0.717, 1.165) is 13.1 Å². The molecule has 2 heterocycles. The third-order valence-electron chi connectivity index (χ3n) is 3.78. The topological polar surface area (TPSA) is 92.2 Å². The smallest absolute Gasteiger partial charge is 0.431 e. The van der Waals surface area contributed by atoms with E-state index in [2.05, 4.69) is 10.1 Å². The molecule has 154 valence electrons. The molecule has 0 saturated carbocycles. The molecule has 0 amide bonds. The molecule has 13 heteroatoms. The van der Waals surface area contributed by atoms with Crippen LogP contribution in [0.15, 0.2) is 32.3 Å². The fraction of sp³-hybridized carbons (Fsp3) is 0.250. The van der Waals surface area contributed by atoms with Gasteiger partial charge in [-0.1, -0.05) is 28.4 Å². The van der Waals surface area contributed by atoms with Gasteiger partial charge >= 0.3 is 11.9 Å². The number of benzene rings is 1. The maximum atomic E-state index is 13.0. The van der Waals surface area contributed by atoms with Gasteiger partial charge in [0.1, 0.15) is 11.4 Å². The standard InChI is InChI=1S/C16H11Cl2F3N4O4/c1-7-22-13(23-29-7)6-28-11-4-10(8(17)3-9(11)18)25-14(26)5-12(16(19,20)21)24(2)15(25)27/h3-5H,6H2,1-2H3. The van der Waals surface area contributed by atoms with Gasteiger partial charge in [0.25, 0.3) is 5.56 Å². The van der Waals surface area contributed by atoms with Crippen LogP contribution in [0.3, 0.4) is 0 Å². The Kier molecular flexibility index (Phi) is 5.46. The second-order valence-electron chi connectivity index (χ2n) is 5.79. The summed E-state index contributed by atoms with van der Waals surface area (Å²) in [6, 6.07) is 2.65. The van der Waals surface area contributed by atoms with Crippen LogP contribution in [0.4, 0.5) is 13.2 Å². The van der Waals surface area contributed by atoms with E-state index in [9.17, 15) is 22.8 Å². The molecule has 0 aliphatic carbocycles. The zero-order valence-corrected chi connectivity index (χ0v) is 16.3. The molecule has 0 bridgehead atoms. The molecule has 3 rings (SSSR count). The second kappa shape index (κ2) is 7.56. The van der Waals surface area contributed by atoms with Crippen molar-refractivity contribution in [1.29, 1.82) is 0 Å². The summed E-state index contributed by atoms with van der Waals surface area (Å²) in [6.07, 6.45) is -4.88. The summed E-state index contributed by atoms with van der Waals surface area (Å²) in [5.74, 6) is 0.520. The molecule has 8 nitrogen and oxygen atoms in total. The lowest BCUT2D eigenvalue weighted by atomic mass is 10.2. The summed E-state index contributed by atoms with van der Waals surface area (Å²) in [5.41, 5.74) is -4.05. The highest BCUT2D eigenvalue weighted by Gasteiger charge is 2.35. The highest BCUT2D eigenvalue weighted by Crippen LogP contribution is 2.33. The number of alkyl halides is 3. The molecule has 0 fully saturated rings. The molecule has 1 aromatic carbocycles. The Labute approximate surface area is 170 Å². The fourth-order valence-corrected chi connectivity index (χ4v) is 2.98. The Morgan fingerprint density at radius 2 is 1.86 bits per heavy atom. The summed E-state index contributed by atoms with van der Waals surface area (Å²) in [5, 5.41) is 3.53. The van der Waals surface area contributed by atoms with Crippen molar-refractivity contribution in [2.75, 3.05) is 0 Å². The van der Waals surface area contributed by atoms with Crippen molar-refractivity contribution >= 4 is 23.2 Å². The van der Waals surface area contributed by atoms with Crippen LogP contribution in [0, 0.1) is 6.92 Å². The lowest BCUT2D eigenvalue weighted by Gasteiger charge is -2.15. The summed E-state index contributed by atoms with van der Waals surface area (Å²) in [7, 11) is 0.890. The minimum absolute atomic E-state index is 0.00220. The van der Waals surface area contributed by atoms with Crippen LogP contribution in [0.2, 0.25) is 10.0 Å². The molecule has 0 spiro atoms. The molecule has 3 aromatic rings. The van der Waals surface area contributed by atoms with Crippen LogP contribution in [0.25, 0.3) is 5.69 Å². The van der Waals surface area contributed by atoms with Gasteiger partial charge in [-0.25, -0.2) is 9.36 Å². The van der Waals surface area contributed by atoms with Crippen molar-refractivity contribution in [2.24, 2.45) is 7.05 Å². The molecule has 0 aliphatic heterocycles. The lowest BCUT2D eigenvalue weighted by Crippen LogP contribution is -2.40. The monoisotopic (exact) mass is 450 g/mol. The minimum atomic E-state index is -4.88.